The van der Waals surface area contributed by atoms with Crippen molar-refractivity contribution in [3.63, 3.8) is 0 Å². The van der Waals surface area contributed by atoms with Gasteiger partial charge >= 0.3 is 0 Å². The van der Waals surface area contributed by atoms with Gasteiger partial charge in [-0.25, -0.2) is 4.98 Å². The third-order valence-corrected chi connectivity index (χ3v) is 3.15. The summed E-state index contributed by atoms with van der Waals surface area (Å²) in [6.45, 7) is 3.71. The highest BCUT2D eigenvalue weighted by Gasteiger charge is 2.29. The molecule has 2 aromatic heterocycles. The second-order valence-electron chi connectivity index (χ2n) is 4.59. The average Bonchev–Trinajstić information content (AvgIpc) is 2.95. The van der Waals surface area contributed by atoms with E-state index in [1.165, 1.54) is 0 Å². The molecule has 1 saturated heterocycles. The van der Waals surface area contributed by atoms with Crippen LogP contribution in [-0.2, 0) is 4.74 Å². The molecule has 1 N–H and O–H groups in total. The molecule has 6 nitrogen and oxygen atoms in total. The molecule has 0 radical (unpaired) electrons. The molecule has 6 heteroatoms. The van der Waals surface area contributed by atoms with Gasteiger partial charge in [0.25, 0.3) is 0 Å². The zero-order valence-electron chi connectivity index (χ0n) is 9.76. The highest BCUT2D eigenvalue weighted by atomic mass is 16.5. The molecule has 0 bridgehead atoms. The van der Waals surface area contributed by atoms with Gasteiger partial charge in [0.05, 0.1) is 5.60 Å². The summed E-state index contributed by atoms with van der Waals surface area (Å²) in [6.07, 6.45) is 7.43. The van der Waals surface area contributed by atoms with E-state index in [9.17, 15) is 0 Å². The number of fused-ring (bicyclic) bond motifs is 1. The standard InChI is InChI=1S/C11H15N5O/c1-11(3-2-6-17-11)7-13-9-10-15-14-8-16(10)5-4-12-9/h4-5,8H,2-3,6-7H2,1H3,(H,12,13). The van der Waals surface area contributed by atoms with Crippen molar-refractivity contribution in [2.45, 2.75) is 25.4 Å². The van der Waals surface area contributed by atoms with E-state index in [0.717, 1.165) is 37.5 Å². The van der Waals surface area contributed by atoms with Crippen LogP contribution in [0.5, 0.6) is 0 Å². The minimum atomic E-state index is -0.0888. The number of anilines is 1. The van der Waals surface area contributed by atoms with Crippen LogP contribution in [0.15, 0.2) is 18.7 Å². The molecule has 0 aliphatic carbocycles. The van der Waals surface area contributed by atoms with E-state index >= 15 is 0 Å². The van der Waals surface area contributed by atoms with Gasteiger partial charge in [0.1, 0.15) is 6.33 Å². The Hall–Kier alpha value is -1.69. The van der Waals surface area contributed by atoms with Gasteiger partial charge < -0.3 is 10.1 Å². The molecule has 1 aliphatic rings. The van der Waals surface area contributed by atoms with Gasteiger partial charge in [-0.05, 0) is 19.8 Å². The predicted molar refractivity (Wildman–Crippen MR) is 62.9 cm³/mol. The Morgan fingerprint density at radius 1 is 1.59 bits per heavy atom. The van der Waals surface area contributed by atoms with Crippen molar-refractivity contribution in [1.29, 1.82) is 0 Å². The van der Waals surface area contributed by atoms with Crippen LogP contribution in [0.4, 0.5) is 5.82 Å². The van der Waals surface area contributed by atoms with E-state index in [4.69, 9.17) is 4.74 Å². The minimum absolute atomic E-state index is 0.0888. The van der Waals surface area contributed by atoms with Crippen LogP contribution >= 0.6 is 0 Å². The van der Waals surface area contributed by atoms with Crippen molar-refractivity contribution in [1.82, 2.24) is 19.6 Å². The third-order valence-electron chi connectivity index (χ3n) is 3.15. The summed E-state index contributed by atoms with van der Waals surface area (Å²) in [5, 5.41) is 11.2. The molecule has 0 aromatic carbocycles. The SMILES string of the molecule is CC1(CNc2nccn3cnnc23)CCCO1. The van der Waals surface area contributed by atoms with Crippen LogP contribution in [0.1, 0.15) is 19.8 Å². The summed E-state index contributed by atoms with van der Waals surface area (Å²) in [4.78, 5) is 4.28. The summed E-state index contributed by atoms with van der Waals surface area (Å²) in [7, 11) is 0. The first-order valence-corrected chi connectivity index (χ1v) is 5.79. The topological polar surface area (TPSA) is 64.3 Å². The fourth-order valence-corrected chi connectivity index (χ4v) is 2.13. The molecule has 1 fully saturated rings. The molecular formula is C11H15N5O. The second kappa shape index (κ2) is 3.96. The minimum Gasteiger partial charge on any atom is -0.373 e. The lowest BCUT2D eigenvalue weighted by atomic mass is 10.0. The van der Waals surface area contributed by atoms with E-state index in [1.54, 1.807) is 12.5 Å². The Bertz CT molecular complexity index is 517. The number of nitrogens with one attached hydrogen (secondary N) is 1. The van der Waals surface area contributed by atoms with Gasteiger partial charge in [0, 0.05) is 25.5 Å². The zero-order chi connectivity index (χ0) is 11.7. The molecule has 17 heavy (non-hydrogen) atoms. The first-order valence-electron chi connectivity index (χ1n) is 5.79. The van der Waals surface area contributed by atoms with Crippen molar-refractivity contribution in [3.05, 3.63) is 18.7 Å². The van der Waals surface area contributed by atoms with E-state index in [-0.39, 0.29) is 5.60 Å². The zero-order valence-corrected chi connectivity index (χ0v) is 9.76. The number of nitrogens with zero attached hydrogens (tertiary/aromatic N) is 4. The molecule has 3 rings (SSSR count). The Morgan fingerprint density at radius 3 is 3.35 bits per heavy atom. The van der Waals surface area contributed by atoms with Gasteiger partial charge in [-0.15, -0.1) is 10.2 Å². The summed E-state index contributed by atoms with van der Waals surface area (Å²) in [5.41, 5.74) is 0.656. The number of hydrogen-bond donors (Lipinski definition) is 1. The predicted octanol–water partition coefficient (Wildman–Crippen LogP) is 1.11. The summed E-state index contributed by atoms with van der Waals surface area (Å²) in [6, 6.07) is 0. The lowest BCUT2D eigenvalue weighted by Crippen LogP contribution is -2.32. The van der Waals surface area contributed by atoms with Gasteiger partial charge in [-0.1, -0.05) is 0 Å². The number of aromatic nitrogens is 4. The van der Waals surface area contributed by atoms with Crippen LogP contribution in [0.2, 0.25) is 0 Å². The van der Waals surface area contributed by atoms with E-state index < -0.39 is 0 Å². The lowest BCUT2D eigenvalue weighted by Gasteiger charge is -2.23. The monoisotopic (exact) mass is 233 g/mol. The van der Waals surface area contributed by atoms with E-state index in [2.05, 4.69) is 27.4 Å². The Kier molecular flexibility index (Phi) is 2.44. The second-order valence-corrected chi connectivity index (χ2v) is 4.59. The summed E-state index contributed by atoms with van der Waals surface area (Å²) in [5.74, 6) is 0.752. The van der Waals surface area contributed by atoms with Gasteiger partial charge in [0.15, 0.2) is 5.82 Å². The molecule has 3 heterocycles. The lowest BCUT2D eigenvalue weighted by molar-refractivity contribution is 0.0315. The van der Waals surface area contributed by atoms with Crippen LogP contribution < -0.4 is 5.32 Å². The number of ether oxygens (including phenoxy) is 1. The van der Waals surface area contributed by atoms with Crippen LogP contribution in [0, 0.1) is 0 Å². The maximum atomic E-state index is 5.72. The maximum Gasteiger partial charge on any atom is 0.203 e. The molecular weight excluding hydrogens is 218 g/mol. The van der Waals surface area contributed by atoms with Crippen molar-refractivity contribution >= 4 is 11.5 Å². The van der Waals surface area contributed by atoms with Crippen molar-refractivity contribution in [2.24, 2.45) is 0 Å². The van der Waals surface area contributed by atoms with E-state index in [1.807, 2.05) is 10.6 Å². The fourth-order valence-electron chi connectivity index (χ4n) is 2.13. The molecule has 0 saturated carbocycles. The first-order chi connectivity index (χ1) is 8.27. The third kappa shape index (κ3) is 1.95. The highest BCUT2D eigenvalue weighted by Crippen LogP contribution is 2.25. The van der Waals surface area contributed by atoms with E-state index in [0.29, 0.717) is 0 Å². The van der Waals surface area contributed by atoms with Gasteiger partial charge in [-0.2, -0.15) is 0 Å². The quantitative estimate of drug-likeness (QED) is 0.860. The summed E-state index contributed by atoms with van der Waals surface area (Å²) >= 11 is 0. The van der Waals surface area contributed by atoms with Crippen LogP contribution in [-0.4, -0.2) is 38.3 Å². The van der Waals surface area contributed by atoms with Gasteiger partial charge in [0.2, 0.25) is 5.65 Å². The number of rotatable bonds is 3. The molecule has 1 aliphatic heterocycles. The smallest absolute Gasteiger partial charge is 0.203 e. The van der Waals surface area contributed by atoms with Gasteiger partial charge in [-0.3, -0.25) is 4.40 Å². The average molecular weight is 233 g/mol. The first kappa shape index (κ1) is 10.5. The molecule has 0 spiro atoms. The molecule has 1 atom stereocenters. The normalized spacial score (nSPS) is 24.3. The Labute approximate surface area is 99.0 Å². The molecule has 0 amide bonds. The van der Waals surface area contributed by atoms with Crippen LogP contribution in [0.3, 0.4) is 0 Å². The highest BCUT2D eigenvalue weighted by molar-refractivity contribution is 5.61. The van der Waals surface area contributed by atoms with Crippen molar-refractivity contribution < 1.29 is 4.74 Å². The fraction of sp³-hybridized carbons (Fsp3) is 0.545. The Balaban J connectivity index is 1.78. The molecule has 90 valence electrons. The number of hydrogen-bond acceptors (Lipinski definition) is 5. The largest absolute Gasteiger partial charge is 0.373 e. The molecule has 2 aromatic rings. The molecule has 1 unspecified atom stereocenters. The Morgan fingerprint density at radius 2 is 2.53 bits per heavy atom. The maximum absolute atomic E-state index is 5.72. The van der Waals surface area contributed by atoms with Crippen molar-refractivity contribution in [2.75, 3.05) is 18.5 Å². The van der Waals surface area contributed by atoms with Crippen LogP contribution in [0.25, 0.3) is 5.65 Å². The summed E-state index contributed by atoms with van der Waals surface area (Å²) < 4.78 is 7.56. The van der Waals surface area contributed by atoms with Crippen molar-refractivity contribution in [3.8, 4) is 0 Å².